The number of rotatable bonds is 6. The van der Waals surface area contributed by atoms with E-state index in [2.05, 4.69) is 10.3 Å². The van der Waals surface area contributed by atoms with E-state index in [9.17, 15) is 9.59 Å². The third-order valence-electron chi connectivity index (χ3n) is 4.80. The van der Waals surface area contributed by atoms with E-state index in [1.165, 1.54) is 0 Å². The molecule has 3 rings (SSSR count). The number of hydrogen-bond acceptors (Lipinski definition) is 4. The van der Waals surface area contributed by atoms with Gasteiger partial charge in [0.1, 0.15) is 0 Å². The van der Waals surface area contributed by atoms with Gasteiger partial charge in [-0.3, -0.25) is 19.5 Å². The largest absolute Gasteiger partial charge is 0.369 e. The maximum Gasteiger partial charge on any atom is 0.231 e. The molecule has 1 aromatic heterocycles. The van der Waals surface area contributed by atoms with Gasteiger partial charge >= 0.3 is 0 Å². The number of piperidine rings is 1. The van der Waals surface area contributed by atoms with Crippen LogP contribution >= 0.6 is 0 Å². The molecule has 0 spiro atoms. The van der Waals surface area contributed by atoms with Crippen molar-refractivity contribution in [3.05, 3.63) is 66.0 Å². The number of carbonyl (C=O) groups excluding carboxylic acids is 2. The first-order chi connectivity index (χ1) is 12.6. The third kappa shape index (κ3) is 4.67. The number of benzene rings is 1. The highest BCUT2D eigenvalue weighted by Crippen LogP contribution is 2.24. The topological polar surface area (TPSA) is 88.3 Å². The van der Waals surface area contributed by atoms with Crippen molar-refractivity contribution >= 4 is 11.8 Å². The van der Waals surface area contributed by atoms with Crippen LogP contribution in [0.4, 0.5) is 0 Å². The minimum absolute atomic E-state index is 0.0489. The summed E-state index contributed by atoms with van der Waals surface area (Å²) in [5.74, 6) is -0.323. The molecular weight excluding hydrogens is 328 g/mol. The molecule has 1 aromatic carbocycles. The van der Waals surface area contributed by atoms with Crippen molar-refractivity contribution in [2.45, 2.75) is 18.9 Å². The predicted molar refractivity (Wildman–Crippen MR) is 99.0 cm³/mol. The number of likely N-dealkylation sites (tertiary alicyclic amines) is 1. The summed E-state index contributed by atoms with van der Waals surface area (Å²) in [6, 6.07) is 13.6. The van der Waals surface area contributed by atoms with Gasteiger partial charge in [0.15, 0.2) is 0 Å². The van der Waals surface area contributed by atoms with Crippen molar-refractivity contribution in [2.75, 3.05) is 19.6 Å². The van der Waals surface area contributed by atoms with Crippen LogP contribution in [-0.2, 0) is 9.59 Å². The van der Waals surface area contributed by atoms with Gasteiger partial charge in [0.05, 0.1) is 12.6 Å². The Labute approximate surface area is 153 Å². The number of pyridine rings is 1. The van der Waals surface area contributed by atoms with Gasteiger partial charge in [-0.2, -0.15) is 0 Å². The highest BCUT2D eigenvalue weighted by atomic mass is 16.2. The van der Waals surface area contributed by atoms with E-state index in [1.807, 2.05) is 47.4 Å². The normalized spacial score (nSPS) is 16.8. The molecule has 1 saturated heterocycles. The first-order valence-electron chi connectivity index (χ1n) is 8.89. The lowest BCUT2D eigenvalue weighted by molar-refractivity contribution is -0.127. The van der Waals surface area contributed by atoms with Crippen molar-refractivity contribution in [1.82, 2.24) is 15.2 Å². The fraction of sp³-hybridized carbons (Fsp3) is 0.350. The van der Waals surface area contributed by atoms with Crippen LogP contribution in [0.2, 0.25) is 0 Å². The van der Waals surface area contributed by atoms with Gasteiger partial charge in [-0.1, -0.05) is 30.3 Å². The Morgan fingerprint density at radius 1 is 1.08 bits per heavy atom. The van der Waals surface area contributed by atoms with Crippen molar-refractivity contribution in [2.24, 2.45) is 11.7 Å². The molecule has 1 unspecified atom stereocenters. The molecule has 136 valence electrons. The molecule has 3 N–H and O–H groups in total. The van der Waals surface area contributed by atoms with Crippen LogP contribution in [0.5, 0.6) is 0 Å². The smallest absolute Gasteiger partial charge is 0.231 e. The van der Waals surface area contributed by atoms with Gasteiger partial charge in [-0.15, -0.1) is 0 Å². The summed E-state index contributed by atoms with van der Waals surface area (Å²) in [5, 5.41) is 3.20. The lowest BCUT2D eigenvalue weighted by Crippen LogP contribution is -2.44. The van der Waals surface area contributed by atoms with Gasteiger partial charge in [-0.05, 0) is 49.2 Å². The van der Waals surface area contributed by atoms with Gasteiger partial charge < -0.3 is 11.1 Å². The number of nitrogens with one attached hydrogen (secondary N) is 1. The number of nitrogens with zero attached hydrogens (tertiary/aromatic N) is 2. The number of amides is 2. The van der Waals surface area contributed by atoms with Crippen molar-refractivity contribution < 1.29 is 9.59 Å². The summed E-state index contributed by atoms with van der Waals surface area (Å²) < 4.78 is 0. The van der Waals surface area contributed by atoms with Gasteiger partial charge in [0, 0.05) is 18.3 Å². The molecule has 1 atom stereocenters. The maximum absolute atomic E-state index is 12.8. The van der Waals surface area contributed by atoms with E-state index in [0.717, 1.165) is 24.0 Å². The number of carbonyl (C=O) groups is 2. The summed E-state index contributed by atoms with van der Waals surface area (Å²) >= 11 is 0. The Balaban J connectivity index is 1.68. The second kappa shape index (κ2) is 8.58. The van der Waals surface area contributed by atoms with E-state index >= 15 is 0 Å². The zero-order valence-corrected chi connectivity index (χ0v) is 14.7. The Bertz CT molecular complexity index is 688. The quantitative estimate of drug-likeness (QED) is 0.824. The molecule has 0 radical (unpaired) electrons. The lowest BCUT2D eigenvalue weighted by atomic mass is 9.93. The summed E-state index contributed by atoms with van der Waals surface area (Å²) in [6.45, 7) is 1.69. The first-order valence-corrected chi connectivity index (χ1v) is 8.89. The average molecular weight is 352 g/mol. The second-order valence-electron chi connectivity index (χ2n) is 6.65. The van der Waals surface area contributed by atoms with Crippen LogP contribution in [0.15, 0.2) is 54.9 Å². The number of hydrogen-bond donors (Lipinski definition) is 2. The van der Waals surface area contributed by atoms with E-state index in [1.54, 1.807) is 12.4 Å². The number of primary amides is 1. The van der Waals surface area contributed by atoms with E-state index in [4.69, 9.17) is 5.73 Å². The average Bonchev–Trinajstić information content (AvgIpc) is 2.67. The molecule has 1 fully saturated rings. The second-order valence-corrected chi connectivity index (χ2v) is 6.65. The molecule has 2 amide bonds. The fourth-order valence-electron chi connectivity index (χ4n) is 3.39. The zero-order valence-electron chi connectivity index (χ0n) is 14.7. The third-order valence-corrected chi connectivity index (χ3v) is 4.80. The summed E-state index contributed by atoms with van der Waals surface area (Å²) in [5.41, 5.74) is 7.29. The molecule has 0 bridgehead atoms. The molecule has 1 aliphatic rings. The van der Waals surface area contributed by atoms with Crippen molar-refractivity contribution in [3.63, 3.8) is 0 Å². The van der Waals surface area contributed by atoms with Gasteiger partial charge in [0.2, 0.25) is 11.8 Å². The molecule has 2 heterocycles. The number of nitrogens with two attached hydrogens (primary N) is 1. The zero-order chi connectivity index (χ0) is 18.4. The van der Waals surface area contributed by atoms with E-state index < -0.39 is 0 Å². The standard InChI is InChI=1S/C20H24N4O2/c21-18(25)14-24-12-8-17(9-13-24)20(26)23-19(15-4-2-1-3-5-15)16-6-10-22-11-7-16/h1-7,10-11,17,19H,8-9,12-14H2,(H2,21,25)(H,23,26). The molecule has 26 heavy (non-hydrogen) atoms. The summed E-state index contributed by atoms with van der Waals surface area (Å²) in [7, 11) is 0. The van der Waals surface area contributed by atoms with Crippen LogP contribution in [0.1, 0.15) is 30.0 Å². The minimum atomic E-state index is -0.324. The maximum atomic E-state index is 12.8. The molecular formula is C20H24N4O2. The van der Waals surface area contributed by atoms with E-state index in [0.29, 0.717) is 13.1 Å². The van der Waals surface area contributed by atoms with Crippen LogP contribution < -0.4 is 11.1 Å². The molecule has 6 nitrogen and oxygen atoms in total. The Kier molecular flexibility index (Phi) is 5.96. The van der Waals surface area contributed by atoms with Crippen LogP contribution in [0.3, 0.4) is 0 Å². The summed E-state index contributed by atoms with van der Waals surface area (Å²) in [6.07, 6.45) is 4.94. The highest BCUT2D eigenvalue weighted by molar-refractivity contribution is 5.80. The molecule has 6 heteroatoms. The van der Waals surface area contributed by atoms with Gasteiger partial charge in [-0.25, -0.2) is 0 Å². The fourth-order valence-corrected chi connectivity index (χ4v) is 3.39. The SMILES string of the molecule is NC(=O)CN1CCC(C(=O)NC(c2ccccc2)c2ccncc2)CC1. The lowest BCUT2D eigenvalue weighted by Gasteiger charge is -2.31. The van der Waals surface area contributed by atoms with Crippen LogP contribution in [0.25, 0.3) is 0 Å². The Morgan fingerprint density at radius 2 is 1.69 bits per heavy atom. The number of aromatic nitrogens is 1. The van der Waals surface area contributed by atoms with Crippen LogP contribution in [-0.4, -0.2) is 41.3 Å². The van der Waals surface area contributed by atoms with Gasteiger partial charge in [0.25, 0.3) is 0 Å². The first kappa shape index (κ1) is 18.1. The molecule has 0 saturated carbocycles. The Hall–Kier alpha value is -2.73. The van der Waals surface area contributed by atoms with Crippen LogP contribution in [0, 0.1) is 5.92 Å². The molecule has 2 aromatic rings. The Morgan fingerprint density at radius 3 is 2.31 bits per heavy atom. The predicted octanol–water partition coefficient (Wildman–Crippen LogP) is 1.48. The molecule has 0 aliphatic carbocycles. The van der Waals surface area contributed by atoms with Crippen molar-refractivity contribution in [1.29, 1.82) is 0 Å². The van der Waals surface area contributed by atoms with E-state index in [-0.39, 0.29) is 30.3 Å². The highest BCUT2D eigenvalue weighted by Gasteiger charge is 2.27. The summed E-state index contributed by atoms with van der Waals surface area (Å²) in [4.78, 5) is 30.0. The minimum Gasteiger partial charge on any atom is -0.369 e. The monoisotopic (exact) mass is 352 g/mol. The van der Waals surface area contributed by atoms with Crippen molar-refractivity contribution in [3.8, 4) is 0 Å². The molecule has 1 aliphatic heterocycles.